The summed E-state index contributed by atoms with van der Waals surface area (Å²) in [6.07, 6.45) is 3.57. The van der Waals surface area contributed by atoms with E-state index >= 15 is 0 Å². The summed E-state index contributed by atoms with van der Waals surface area (Å²) in [4.78, 5) is 12.3. The van der Waals surface area contributed by atoms with Crippen molar-refractivity contribution >= 4 is 17.7 Å². The van der Waals surface area contributed by atoms with Crippen molar-refractivity contribution in [3.8, 4) is 0 Å². The van der Waals surface area contributed by atoms with Gasteiger partial charge in [0.25, 0.3) is 0 Å². The molecule has 0 spiro atoms. The summed E-state index contributed by atoms with van der Waals surface area (Å²) in [6, 6.07) is 7.76. The molecule has 2 N–H and O–H groups in total. The minimum atomic E-state index is -0.805. The molecule has 1 atom stereocenters. The predicted molar refractivity (Wildman–Crippen MR) is 65.7 cm³/mol. The third-order valence-corrected chi connectivity index (χ3v) is 2.80. The zero-order valence-corrected chi connectivity index (χ0v) is 9.41. The van der Waals surface area contributed by atoms with Crippen LogP contribution in [0, 0.1) is 0 Å². The Morgan fingerprint density at radius 2 is 2.12 bits per heavy atom. The highest BCUT2D eigenvalue weighted by Gasteiger charge is 2.19. The summed E-state index contributed by atoms with van der Waals surface area (Å²) in [5.74, 6) is -0.805. The van der Waals surface area contributed by atoms with E-state index in [4.69, 9.17) is 5.11 Å². The minimum absolute atomic E-state index is 0.120. The maximum Gasteiger partial charge on any atom is 0.303 e. The summed E-state index contributed by atoms with van der Waals surface area (Å²) >= 11 is 0. The van der Waals surface area contributed by atoms with Crippen molar-refractivity contribution in [3.05, 3.63) is 35.9 Å². The first-order chi connectivity index (χ1) is 8.18. The van der Waals surface area contributed by atoms with E-state index in [0.717, 1.165) is 11.3 Å². The fourth-order valence-corrected chi connectivity index (χ4v) is 1.98. The molecule has 0 aromatic heterocycles. The molecule has 0 amide bonds. The number of nitrogens with zero attached hydrogens (tertiary/aromatic N) is 1. The van der Waals surface area contributed by atoms with Crippen LogP contribution in [0.15, 0.2) is 30.3 Å². The largest absolute Gasteiger partial charge is 0.481 e. The van der Waals surface area contributed by atoms with Gasteiger partial charge in [-0.05, 0) is 24.1 Å². The third kappa shape index (κ3) is 2.65. The molecule has 0 fully saturated rings. The number of hydrogen-bond donors (Lipinski definition) is 2. The van der Waals surface area contributed by atoms with E-state index in [2.05, 4.69) is 0 Å². The van der Waals surface area contributed by atoms with Crippen LogP contribution in [-0.4, -0.2) is 29.0 Å². The molecule has 1 heterocycles. The van der Waals surface area contributed by atoms with Crippen LogP contribution >= 0.6 is 0 Å². The highest BCUT2D eigenvalue weighted by Crippen LogP contribution is 2.28. The summed E-state index contributed by atoms with van der Waals surface area (Å²) in [6.45, 7) is 0.537. The lowest BCUT2D eigenvalue weighted by atomic mass is 10.1. The van der Waals surface area contributed by atoms with E-state index < -0.39 is 12.2 Å². The van der Waals surface area contributed by atoms with Crippen LogP contribution < -0.4 is 4.90 Å². The van der Waals surface area contributed by atoms with Crippen molar-refractivity contribution in [2.75, 3.05) is 11.4 Å². The van der Waals surface area contributed by atoms with Crippen molar-refractivity contribution < 1.29 is 15.0 Å². The average molecular weight is 233 g/mol. The monoisotopic (exact) mass is 233 g/mol. The molecule has 0 bridgehead atoms. The van der Waals surface area contributed by atoms with Gasteiger partial charge < -0.3 is 15.1 Å². The Bertz CT molecular complexity index is 442. The van der Waals surface area contributed by atoms with E-state index in [0.29, 0.717) is 13.0 Å². The molecule has 0 saturated carbocycles. The van der Waals surface area contributed by atoms with Gasteiger partial charge in [0.2, 0.25) is 0 Å². The van der Waals surface area contributed by atoms with Gasteiger partial charge in [0.15, 0.2) is 0 Å². The molecule has 1 aromatic carbocycles. The number of rotatable bonds is 4. The summed E-state index contributed by atoms with van der Waals surface area (Å²) in [7, 11) is 0. The molecule has 0 radical (unpaired) electrons. The zero-order valence-electron chi connectivity index (χ0n) is 9.41. The lowest BCUT2D eigenvalue weighted by molar-refractivity contribution is -0.137. The van der Waals surface area contributed by atoms with Gasteiger partial charge in [-0.15, -0.1) is 0 Å². The van der Waals surface area contributed by atoms with Crippen LogP contribution in [0.25, 0.3) is 6.08 Å². The zero-order chi connectivity index (χ0) is 12.3. The van der Waals surface area contributed by atoms with Gasteiger partial charge in [-0.25, -0.2) is 0 Å². The standard InChI is InChI=1S/C13H15NO3/c15-12-8-7-10-4-1-2-5-11(10)14(12)9-3-6-13(16)17/h1-2,4-5,7-8,12,15H,3,6,9H2,(H,16,17). The molecule has 2 rings (SSSR count). The van der Waals surface area contributed by atoms with Gasteiger partial charge in [0.1, 0.15) is 6.23 Å². The first-order valence-corrected chi connectivity index (χ1v) is 5.62. The van der Waals surface area contributed by atoms with Gasteiger partial charge in [-0.3, -0.25) is 4.79 Å². The number of fused-ring (bicyclic) bond motifs is 1. The lowest BCUT2D eigenvalue weighted by Crippen LogP contribution is -2.36. The molecule has 0 aliphatic carbocycles. The van der Waals surface area contributed by atoms with Crippen molar-refractivity contribution in [1.82, 2.24) is 0 Å². The maximum atomic E-state index is 10.5. The first-order valence-electron chi connectivity index (χ1n) is 5.62. The molecule has 90 valence electrons. The van der Waals surface area contributed by atoms with Crippen LogP contribution in [0.4, 0.5) is 5.69 Å². The number of carboxylic acid groups (broad SMARTS) is 1. The Hall–Kier alpha value is -1.81. The molecule has 1 unspecified atom stereocenters. The molecular weight excluding hydrogens is 218 g/mol. The van der Waals surface area contributed by atoms with E-state index in [1.165, 1.54) is 0 Å². The minimum Gasteiger partial charge on any atom is -0.481 e. The molecule has 1 aromatic rings. The molecule has 0 saturated heterocycles. The number of carbonyl (C=O) groups is 1. The van der Waals surface area contributed by atoms with Crippen LogP contribution in [0.2, 0.25) is 0 Å². The van der Waals surface area contributed by atoms with Crippen molar-refractivity contribution in [1.29, 1.82) is 0 Å². The molecule has 4 nitrogen and oxygen atoms in total. The van der Waals surface area contributed by atoms with Gasteiger partial charge in [0, 0.05) is 18.7 Å². The number of aliphatic carboxylic acids is 1. The van der Waals surface area contributed by atoms with E-state index in [-0.39, 0.29) is 6.42 Å². The second-order valence-corrected chi connectivity index (χ2v) is 4.02. The van der Waals surface area contributed by atoms with Gasteiger partial charge >= 0.3 is 5.97 Å². The van der Waals surface area contributed by atoms with Crippen LogP contribution in [0.1, 0.15) is 18.4 Å². The normalized spacial score (nSPS) is 17.9. The van der Waals surface area contributed by atoms with E-state index in [9.17, 15) is 9.90 Å². The Kier molecular flexibility index (Phi) is 3.44. The fraction of sp³-hybridized carbons (Fsp3) is 0.308. The maximum absolute atomic E-state index is 10.5. The van der Waals surface area contributed by atoms with Gasteiger partial charge in [-0.1, -0.05) is 24.3 Å². The average Bonchev–Trinajstić information content (AvgIpc) is 2.32. The van der Waals surface area contributed by atoms with Gasteiger partial charge in [-0.2, -0.15) is 0 Å². The number of hydrogen-bond acceptors (Lipinski definition) is 3. The highest BCUT2D eigenvalue weighted by molar-refractivity contribution is 5.72. The number of anilines is 1. The van der Waals surface area contributed by atoms with Gasteiger partial charge in [0.05, 0.1) is 0 Å². The Morgan fingerprint density at radius 3 is 2.88 bits per heavy atom. The van der Waals surface area contributed by atoms with Crippen LogP contribution in [0.5, 0.6) is 0 Å². The number of aliphatic hydroxyl groups excluding tert-OH is 1. The Labute approximate surface area is 99.8 Å². The highest BCUT2D eigenvalue weighted by atomic mass is 16.4. The molecule has 17 heavy (non-hydrogen) atoms. The number of para-hydroxylation sites is 1. The number of benzene rings is 1. The second-order valence-electron chi connectivity index (χ2n) is 4.02. The summed E-state index contributed by atoms with van der Waals surface area (Å²) in [5.41, 5.74) is 2.00. The Morgan fingerprint density at radius 1 is 1.35 bits per heavy atom. The van der Waals surface area contributed by atoms with Crippen molar-refractivity contribution in [2.24, 2.45) is 0 Å². The molecular formula is C13H15NO3. The lowest BCUT2D eigenvalue weighted by Gasteiger charge is -2.32. The predicted octanol–water partition coefficient (Wildman–Crippen LogP) is 1.70. The number of carboxylic acids is 1. The summed E-state index contributed by atoms with van der Waals surface area (Å²) in [5, 5.41) is 18.5. The SMILES string of the molecule is O=C(O)CCCN1c2ccccc2C=CC1O. The van der Waals surface area contributed by atoms with Crippen molar-refractivity contribution in [3.63, 3.8) is 0 Å². The van der Waals surface area contributed by atoms with Crippen LogP contribution in [-0.2, 0) is 4.79 Å². The third-order valence-electron chi connectivity index (χ3n) is 2.80. The van der Waals surface area contributed by atoms with Crippen molar-refractivity contribution in [2.45, 2.75) is 19.1 Å². The topological polar surface area (TPSA) is 60.8 Å². The fourth-order valence-electron chi connectivity index (χ4n) is 1.98. The molecule has 4 heteroatoms. The second kappa shape index (κ2) is 5.01. The summed E-state index contributed by atoms with van der Waals surface area (Å²) < 4.78 is 0. The number of aliphatic hydroxyl groups is 1. The van der Waals surface area contributed by atoms with E-state index in [1.807, 2.05) is 35.2 Å². The quantitative estimate of drug-likeness (QED) is 0.831. The van der Waals surface area contributed by atoms with E-state index in [1.54, 1.807) is 6.08 Å². The molecule has 1 aliphatic rings. The smallest absolute Gasteiger partial charge is 0.303 e. The molecule has 1 aliphatic heterocycles. The Balaban J connectivity index is 2.10. The van der Waals surface area contributed by atoms with Crippen LogP contribution in [0.3, 0.4) is 0 Å². The first kappa shape index (κ1) is 11.7.